The van der Waals surface area contributed by atoms with Crippen LogP contribution in [0.25, 0.3) is 0 Å². The van der Waals surface area contributed by atoms with E-state index in [4.69, 9.17) is 21.1 Å². The second-order valence-corrected chi connectivity index (χ2v) is 7.10. The molecule has 1 amide bonds. The first-order chi connectivity index (χ1) is 13.1. The normalized spacial score (nSPS) is 16.3. The molecule has 144 valence electrons. The topological polar surface area (TPSA) is 47.6 Å². The highest BCUT2D eigenvalue weighted by Crippen LogP contribution is 2.30. The number of benzene rings is 2. The van der Waals surface area contributed by atoms with Crippen LogP contribution < -0.4 is 10.1 Å². The van der Waals surface area contributed by atoms with Gasteiger partial charge in [0.15, 0.2) is 0 Å². The Bertz CT molecular complexity index is 800. The van der Waals surface area contributed by atoms with Gasteiger partial charge in [0, 0.05) is 22.9 Å². The SMILES string of the molecule is CCc1ccc(Cl)c(CC)c1NC(=O)c1cccc(OCC2CCCO2)c1. The molecule has 1 heterocycles. The van der Waals surface area contributed by atoms with Gasteiger partial charge in [-0.25, -0.2) is 0 Å². The Morgan fingerprint density at radius 2 is 2.11 bits per heavy atom. The summed E-state index contributed by atoms with van der Waals surface area (Å²) in [5.74, 6) is 0.514. The number of amides is 1. The first-order valence-corrected chi connectivity index (χ1v) is 9.96. The zero-order valence-electron chi connectivity index (χ0n) is 15.9. The largest absolute Gasteiger partial charge is 0.491 e. The summed E-state index contributed by atoms with van der Waals surface area (Å²) in [7, 11) is 0. The Balaban J connectivity index is 1.75. The number of halogens is 1. The number of ether oxygens (including phenoxy) is 2. The fraction of sp³-hybridized carbons (Fsp3) is 0.409. The Morgan fingerprint density at radius 3 is 2.81 bits per heavy atom. The van der Waals surface area contributed by atoms with Gasteiger partial charge in [-0.1, -0.05) is 37.6 Å². The lowest BCUT2D eigenvalue weighted by molar-refractivity contribution is 0.0679. The Kier molecular flexibility index (Phi) is 6.75. The zero-order chi connectivity index (χ0) is 19.2. The maximum absolute atomic E-state index is 12.8. The molecule has 0 aliphatic carbocycles. The lowest BCUT2D eigenvalue weighted by Gasteiger charge is -2.16. The van der Waals surface area contributed by atoms with Gasteiger partial charge in [-0.15, -0.1) is 0 Å². The number of anilines is 1. The first kappa shape index (κ1) is 19.7. The van der Waals surface area contributed by atoms with E-state index in [2.05, 4.69) is 12.2 Å². The molecular weight excluding hydrogens is 362 g/mol. The highest BCUT2D eigenvalue weighted by Gasteiger charge is 2.17. The summed E-state index contributed by atoms with van der Waals surface area (Å²) in [6, 6.07) is 11.1. The minimum atomic E-state index is -0.163. The summed E-state index contributed by atoms with van der Waals surface area (Å²) < 4.78 is 11.4. The van der Waals surface area contributed by atoms with Crippen LogP contribution >= 0.6 is 11.6 Å². The van der Waals surface area contributed by atoms with E-state index in [0.717, 1.165) is 49.1 Å². The van der Waals surface area contributed by atoms with Gasteiger partial charge >= 0.3 is 0 Å². The molecule has 1 saturated heterocycles. The third-order valence-corrected chi connectivity index (χ3v) is 5.23. The van der Waals surface area contributed by atoms with Crippen molar-refractivity contribution in [3.05, 3.63) is 58.1 Å². The summed E-state index contributed by atoms with van der Waals surface area (Å²) in [6.45, 7) is 5.42. The molecule has 1 atom stereocenters. The second kappa shape index (κ2) is 9.25. The van der Waals surface area contributed by atoms with E-state index < -0.39 is 0 Å². The molecule has 1 aliphatic heterocycles. The molecule has 2 aromatic carbocycles. The molecule has 0 spiro atoms. The summed E-state index contributed by atoms with van der Waals surface area (Å²) >= 11 is 6.33. The van der Waals surface area contributed by atoms with Crippen LogP contribution in [0.1, 0.15) is 48.2 Å². The van der Waals surface area contributed by atoms with Crippen LogP contribution in [0.15, 0.2) is 36.4 Å². The van der Waals surface area contributed by atoms with Crippen molar-refractivity contribution in [1.29, 1.82) is 0 Å². The minimum Gasteiger partial charge on any atom is -0.491 e. The van der Waals surface area contributed by atoms with Gasteiger partial charge in [-0.2, -0.15) is 0 Å². The third kappa shape index (κ3) is 4.82. The Labute approximate surface area is 165 Å². The number of hydrogen-bond donors (Lipinski definition) is 1. The van der Waals surface area contributed by atoms with Crippen molar-refractivity contribution >= 4 is 23.2 Å². The number of hydrogen-bond acceptors (Lipinski definition) is 3. The van der Waals surface area contributed by atoms with Crippen molar-refractivity contribution in [2.24, 2.45) is 0 Å². The molecule has 27 heavy (non-hydrogen) atoms. The van der Waals surface area contributed by atoms with Crippen LogP contribution in [0.3, 0.4) is 0 Å². The fourth-order valence-corrected chi connectivity index (χ4v) is 3.64. The first-order valence-electron chi connectivity index (χ1n) is 9.58. The van der Waals surface area contributed by atoms with Crippen LogP contribution in [-0.2, 0) is 17.6 Å². The molecule has 0 saturated carbocycles. The summed E-state index contributed by atoms with van der Waals surface area (Å²) in [5, 5.41) is 3.74. The maximum atomic E-state index is 12.8. The second-order valence-electron chi connectivity index (χ2n) is 6.70. The van der Waals surface area contributed by atoms with Crippen molar-refractivity contribution in [3.63, 3.8) is 0 Å². The molecule has 1 aliphatic rings. The molecule has 1 N–H and O–H groups in total. The number of carbonyl (C=O) groups excluding carboxylic acids is 1. The lowest BCUT2D eigenvalue weighted by Crippen LogP contribution is -2.17. The molecule has 3 rings (SSSR count). The Hall–Kier alpha value is -2.04. The predicted octanol–water partition coefficient (Wildman–Crippen LogP) is 5.27. The summed E-state index contributed by atoms with van der Waals surface area (Å²) in [6.07, 6.45) is 3.83. The molecule has 2 aromatic rings. The lowest BCUT2D eigenvalue weighted by atomic mass is 10.0. The third-order valence-electron chi connectivity index (χ3n) is 4.87. The molecule has 0 radical (unpaired) electrons. The van der Waals surface area contributed by atoms with Gasteiger partial charge in [0.05, 0.1) is 6.10 Å². The van der Waals surface area contributed by atoms with Crippen molar-refractivity contribution < 1.29 is 14.3 Å². The predicted molar refractivity (Wildman–Crippen MR) is 109 cm³/mol. The van der Waals surface area contributed by atoms with Gasteiger partial charge in [-0.05, 0) is 61.1 Å². The van der Waals surface area contributed by atoms with Crippen molar-refractivity contribution in [2.45, 2.75) is 45.6 Å². The average molecular weight is 388 g/mol. The number of rotatable bonds is 7. The molecule has 1 fully saturated rings. The van der Waals surface area contributed by atoms with Gasteiger partial charge in [0.25, 0.3) is 5.91 Å². The zero-order valence-corrected chi connectivity index (χ0v) is 16.6. The average Bonchev–Trinajstić information content (AvgIpc) is 3.21. The van der Waals surface area contributed by atoms with Crippen LogP contribution in [0, 0.1) is 0 Å². The van der Waals surface area contributed by atoms with Crippen LogP contribution in [0.2, 0.25) is 5.02 Å². The van der Waals surface area contributed by atoms with E-state index in [0.29, 0.717) is 22.9 Å². The molecule has 0 aromatic heterocycles. The maximum Gasteiger partial charge on any atom is 0.255 e. The molecule has 5 heteroatoms. The summed E-state index contributed by atoms with van der Waals surface area (Å²) in [5.41, 5.74) is 3.43. The van der Waals surface area contributed by atoms with Crippen molar-refractivity contribution in [2.75, 3.05) is 18.5 Å². The van der Waals surface area contributed by atoms with E-state index in [9.17, 15) is 4.79 Å². The standard InChI is InChI=1S/C22H26ClNO3/c1-3-15-10-11-20(23)19(4-2)21(15)24-22(25)16-7-5-8-17(13-16)27-14-18-9-6-12-26-18/h5,7-8,10-11,13,18H,3-4,6,9,12,14H2,1-2H3,(H,24,25). The monoisotopic (exact) mass is 387 g/mol. The van der Waals surface area contributed by atoms with Crippen LogP contribution in [-0.4, -0.2) is 25.2 Å². The minimum absolute atomic E-state index is 0.146. The van der Waals surface area contributed by atoms with E-state index in [-0.39, 0.29) is 12.0 Å². The van der Waals surface area contributed by atoms with Crippen molar-refractivity contribution in [1.82, 2.24) is 0 Å². The highest BCUT2D eigenvalue weighted by molar-refractivity contribution is 6.32. The smallest absolute Gasteiger partial charge is 0.255 e. The molecule has 4 nitrogen and oxygen atoms in total. The van der Waals surface area contributed by atoms with Crippen molar-refractivity contribution in [3.8, 4) is 5.75 Å². The number of aryl methyl sites for hydroxylation is 1. The molecule has 1 unspecified atom stereocenters. The van der Waals surface area contributed by atoms with E-state index in [1.807, 2.05) is 31.2 Å². The van der Waals surface area contributed by atoms with Gasteiger partial charge in [0.1, 0.15) is 12.4 Å². The van der Waals surface area contributed by atoms with E-state index in [1.165, 1.54) is 0 Å². The van der Waals surface area contributed by atoms with Gasteiger partial charge in [-0.3, -0.25) is 4.79 Å². The highest BCUT2D eigenvalue weighted by atomic mass is 35.5. The van der Waals surface area contributed by atoms with E-state index in [1.54, 1.807) is 12.1 Å². The van der Waals surface area contributed by atoms with Crippen LogP contribution in [0.4, 0.5) is 5.69 Å². The molecular formula is C22H26ClNO3. The van der Waals surface area contributed by atoms with E-state index >= 15 is 0 Å². The van der Waals surface area contributed by atoms with Gasteiger partial charge in [0.2, 0.25) is 0 Å². The Morgan fingerprint density at radius 1 is 1.26 bits per heavy atom. The quantitative estimate of drug-likeness (QED) is 0.703. The molecule has 0 bridgehead atoms. The fourth-order valence-electron chi connectivity index (χ4n) is 3.34. The number of carbonyl (C=O) groups is 1. The summed E-state index contributed by atoms with van der Waals surface area (Å²) in [4.78, 5) is 12.8. The van der Waals surface area contributed by atoms with Gasteiger partial charge < -0.3 is 14.8 Å². The number of nitrogens with one attached hydrogen (secondary N) is 1. The van der Waals surface area contributed by atoms with Crippen LogP contribution in [0.5, 0.6) is 5.75 Å².